The summed E-state index contributed by atoms with van der Waals surface area (Å²) in [6, 6.07) is 0. The van der Waals surface area contributed by atoms with Crippen LogP contribution in [-0.2, 0) is 9.47 Å². The lowest BCUT2D eigenvalue weighted by Gasteiger charge is -2.19. The Labute approximate surface area is 140 Å². The fraction of sp³-hybridized carbons (Fsp3) is 0.875. The molecule has 0 aliphatic carbocycles. The molecule has 0 spiro atoms. The second-order valence-corrected chi connectivity index (χ2v) is 6.58. The van der Waals surface area contributed by atoms with Crippen molar-refractivity contribution in [2.24, 2.45) is 10.9 Å². The lowest BCUT2D eigenvalue weighted by Crippen LogP contribution is -2.42. The van der Waals surface area contributed by atoms with Crippen LogP contribution in [0.3, 0.4) is 0 Å². The van der Waals surface area contributed by atoms with Gasteiger partial charge < -0.3 is 25.4 Å². The van der Waals surface area contributed by atoms with Crippen molar-refractivity contribution in [3.8, 4) is 0 Å². The lowest BCUT2D eigenvalue weighted by molar-refractivity contribution is 0.0529. The van der Waals surface area contributed by atoms with E-state index < -0.39 is 11.7 Å². The first-order valence-corrected chi connectivity index (χ1v) is 8.31. The molecule has 1 amide bonds. The molecule has 3 N–H and O–H groups in total. The Morgan fingerprint density at radius 2 is 1.78 bits per heavy atom. The van der Waals surface area contributed by atoms with E-state index in [0.717, 1.165) is 13.2 Å². The molecule has 0 rings (SSSR count). The molecule has 0 fully saturated rings. The molecule has 136 valence electrons. The molecule has 7 nitrogen and oxygen atoms in total. The van der Waals surface area contributed by atoms with E-state index in [-0.39, 0.29) is 0 Å². The third kappa shape index (κ3) is 15.2. The van der Waals surface area contributed by atoms with E-state index in [1.54, 1.807) is 0 Å². The number of guanidine groups is 1. The number of nitrogens with one attached hydrogen (secondary N) is 3. The first-order valence-electron chi connectivity index (χ1n) is 8.31. The van der Waals surface area contributed by atoms with Crippen molar-refractivity contribution in [3.63, 3.8) is 0 Å². The molecule has 0 saturated heterocycles. The molecule has 0 aromatic heterocycles. The number of carbonyl (C=O) groups is 1. The van der Waals surface area contributed by atoms with Gasteiger partial charge in [0.2, 0.25) is 0 Å². The zero-order valence-corrected chi connectivity index (χ0v) is 15.5. The number of ether oxygens (including phenoxy) is 2. The number of carbonyl (C=O) groups excluding carboxylic acids is 1. The zero-order chi connectivity index (χ0) is 17.7. The van der Waals surface area contributed by atoms with E-state index >= 15 is 0 Å². The largest absolute Gasteiger partial charge is 0.444 e. The number of hydrogen-bond donors (Lipinski definition) is 3. The van der Waals surface area contributed by atoms with Crippen molar-refractivity contribution >= 4 is 12.1 Å². The van der Waals surface area contributed by atoms with E-state index in [0.29, 0.717) is 38.1 Å². The fourth-order valence-corrected chi connectivity index (χ4v) is 1.54. The summed E-state index contributed by atoms with van der Waals surface area (Å²) in [6.07, 6.45) is -0.414. The van der Waals surface area contributed by atoms with Gasteiger partial charge in [0.1, 0.15) is 5.60 Å². The predicted molar refractivity (Wildman–Crippen MR) is 93.9 cm³/mol. The van der Waals surface area contributed by atoms with Crippen molar-refractivity contribution in [1.82, 2.24) is 16.0 Å². The van der Waals surface area contributed by atoms with E-state index in [2.05, 4.69) is 34.8 Å². The van der Waals surface area contributed by atoms with Crippen LogP contribution in [0.15, 0.2) is 4.99 Å². The molecule has 0 aromatic rings. The highest BCUT2D eigenvalue weighted by atomic mass is 16.6. The number of aliphatic imine (C=N–C) groups is 1. The Kier molecular flexibility index (Phi) is 11.2. The summed E-state index contributed by atoms with van der Waals surface area (Å²) in [5.74, 6) is 1.25. The van der Waals surface area contributed by atoms with Crippen LogP contribution in [0.5, 0.6) is 0 Å². The van der Waals surface area contributed by atoms with Crippen LogP contribution in [0.25, 0.3) is 0 Å². The summed E-state index contributed by atoms with van der Waals surface area (Å²) < 4.78 is 10.7. The Morgan fingerprint density at radius 3 is 2.35 bits per heavy atom. The molecule has 7 heteroatoms. The van der Waals surface area contributed by atoms with E-state index in [1.165, 1.54) is 0 Å². The maximum absolute atomic E-state index is 11.5. The van der Waals surface area contributed by atoms with Gasteiger partial charge >= 0.3 is 6.09 Å². The number of amides is 1. The molecule has 0 aliphatic rings. The maximum atomic E-state index is 11.5. The van der Waals surface area contributed by atoms with Crippen LogP contribution in [0.1, 0.15) is 41.5 Å². The summed E-state index contributed by atoms with van der Waals surface area (Å²) in [5.41, 5.74) is -0.482. The van der Waals surface area contributed by atoms with Gasteiger partial charge in [0.15, 0.2) is 5.96 Å². The summed E-state index contributed by atoms with van der Waals surface area (Å²) in [6.45, 7) is 15.5. The third-order valence-corrected chi connectivity index (χ3v) is 2.39. The third-order valence-electron chi connectivity index (χ3n) is 2.39. The molecule has 23 heavy (non-hydrogen) atoms. The van der Waals surface area contributed by atoms with Gasteiger partial charge in [0, 0.05) is 26.2 Å². The average Bonchev–Trinajstić information content (AvgIpc) is 2.40. The number of rotatable bonds is 9. The van der Waals surface area contributed by atoms with Crippen LogP contribution in [-0.4, -0.2) is 57.0 Å². The van der Waals surface area contributed by atoms with Crippen molar-refractivity contribution in [1.29, 1.82) is 0 Å². The van der Waals surface area contributed by atoms with Gasteiger partial charge in [-0.05, 0) is 33.6 Å². The second kappa shape index (κ2) is 12.0. The topological polar surface area (TPSA) is 84.0 Å². The average molecular weight is 330 g/mol. The minimum absolute atomic E-state index is 0.414. The minimum atomic E-state index is -0.482. The quantitative estimate of drug-likeness (QED) is 0.341. The van der Waals surface area contributed by atoms with Crippen LogP contribution >= 0.6 is 0 Å². The Hall–Kier alpha value is -1.50. The van der Waals surface area contributed by atoms with Gasteiger partial charge in [-0.2, -0.15) is 0 Å². The number of alkyl carbamates (subject to hydrolysis) is 1. The molecule has 0 atom stereocenters. The Balaban J connectivity index is 3.93. The van der Waals surface area contributed by atoms with Gasteiger partial charge in [0.05, 0.1) is 13.2 Å². The van der Waals surface area contributed by atoms with Crippen molar-refractivity contribution in [2.75, 3.05) is 39.4 Å². The first-order chi connectivity index (χ1) is 10.7. The summed E-state index contributed by atoms with van der Waals surface area (Å²) in [5, 5.41) is 8.99. The van der Waals surface area contributed by atoms with Crippen LogP contribution in [0.4, 0.5) is 4.79 Å². The van der Waals surface area contributed by atoms with E-state index in [4.69, 9.17) is 9.47 Å². The molecule has 0 saturated carbocycles. The van der Waals surface area contributed by atoms with E-state index in [9.17, 15) is 4.79 Å². The zero-order valence-electron chi connectivity index (χ0n) is 15.5. The molecule has 0 bridgehead atoms. The predicted octanol–water partition coefficient (Wildman–Crippen LogP) is 1.74. The van der Waals surface area contributed by atoms with Crippen LogP contribution in [0.2, 0.25) is 0 Å². The van der Waals surface area contributed by atoms with Gasteiger partial charge in [-0.3, -0.25) is 4.99 Å². The Bertz CT molecular complexity index is 352. The lowest BCUT2D eigenvalue weighted by atomic mass is 10.2. The van der Waals surface area contributed by atoms with Crippen molar-refractivity contribution in [3.05, 3.63) is 0 Å². The minimum Gasteiger partial charge on any atom is -0.444 e. The molecular weight excluding hydrogens is 296 g/mol. The van der Waals surface area contributed by atoms with Gasteiger partial charge in [0.25, 0.3) is 0 Å². The first kappa shape index (κ1) is 21.5. The molecule has 0 heterocycles. The molecule has 0 aliphatic heterocycles. The molecule has 0 radical (unpaired) electrons. The smallest absolute Gasteiger partial charge is 0.407 e. The highest BCUT2D eigenvalue weighted by Gasteiger charge is 2.15. The monoisotopic (exact) mass is 330 g/mol. The summed E-state index contributed by atoms with van der Waals surface area (Å²) in [4.78, 5) is 15.9. The maximum Gasteiger partial charge on any atom is 0.407 e. The van der Waals surface area contributed by atoms with Crippen molar-refractivity contribution < 1.29 is 14.3 Å². The summed E-state index contributed by atoms with van der Waals surface area (Å²) in [7, 11) is 0. The highest BCUT2D eigenvalue weighted by Crippen LogP contribution is 2.05. The fourth-order valence-electron chi connectivity index (χ4n) is 1.54. The van der Waals surface area contributed by atoms with Gasteiger partial charge in [-0.1, -0.05) is 13.8 Å². The van der Waals surface area contributed by atoms with Crippen LogP contribution in [0, 0.1) is 5.92 Å². The normalized spacial score (nSPS) is 12.2. The van der Waals surface area contributed by atoms with E-state index in [1.807, 2.05) is 27.7 Å². The van der Waals surface area contributed by atoms with Crippen LogP contribution < -0.4 is 16.0 Å². The molecular formula is C16H34N4O3. The summed E-state index contributed by atoms with van der Waals surface area (Å²) >= 11 is 0. The molecule has 0 unspecified atom stereocenters. The highest BCUT2D eigenvalue weighted by molar-refractivity contribution is 5.79. The Morgan fingerprint density at radius 1 is 1.13 bits per heavy atom. The van der Waals surface area contributed by atoms with Gasteiger partial charge in [-0.25, -0.2) is 4.79 Å². The number of hydrogen-bond acceptors (Lipinski definition) is 4. The SMILES string of the molecule is CCNC(=NCCOCC(C)C)NCCNC(=O)OC(C)(C)C. The van der Waals surface area contributed by atoms with Gasteiger partial charge in [-0.15, -0.1) is 0 Å². The standard InChI is InChI=1S/C16H34N4O3/c1-7-17-14(19-10-11-22-12-13(2)3)18-8-9-20-15(21)23-16(4,5)6/h13H,7-12H2,1-6H3,(H,20,21)(H2,17,18,19). The van der Waals surface area contributed by atoms with Crippen molar-refractivity contribution in [2.45, 2.75) is 47.1 Å². The number of nitrogens with zero attached hydrogens (tertiary/aromatic N) is 1. The molecule has 0 aromatic carbocycles. The second-order valence-electron chi connectivity index (χ2n) is 6.58.